The molecule has 1 atom stereocenters. The molecule has 1 unspecified atom stereocenters. The van der Waals surface area contributed by atoms with Gasteiger partial charge in [0.1, 0.15) is 5.92 Å². The number of urea groups is 1. The van der Waals surface area contributed by atoms with Crippen LogP contribution in [-0.2, 0) is 9.59 Å². The predicted octanol–water partition coefficient (Wildman–Crippen LogP) is 2.97. The number of carbonyl (C=O) groups excluding carboxylic acids is 3. The number of H-pyrrole nitrogens is 1. The van der Waals surface area contributed by atoms with Crippen molar-refractivity contribution in [3.8, 4) is 0 Å². The van der Waals surface area contributed by atoms with Crippen molar-refractivity contribution in [1.82, 2.24) is 14.8 Å². The molecule has 1 aliphatic rings. The maximum atomic E-state index is 13.0. The fraction of sp³-hybridized carbons (Fsp3) is 0.190. The summed E-state index contributed by atoms with van der Waals surface area (Å²) >= 11 is 0. The number of para-hydroxylation sites is 1. The number of hydrogen-bond acceptors (Lipinski definition) is 3. The third-order valence-electron chi connectivity index (χ3n) is 5.22. The standard InChI is InChI=1S/C21H19N3O3/c1-23-19(25)18(20(26)24(2)21(23)27)17(13-8-4-3-5-9-13)15-12-22-16-11-7-6-10-14(15)16/h3-12,17-18,22H,1-2H3. The Balaban J connectivity index is 1.93. The minimum atomic E-state index is -1.00. The largest absolute Gasteiger partial charge is 0.361 e. The van der Waals surface area contributed by atoms with Gasteiger partial charge >= 0.3 is 6.03 Å². The van der Waals surface area contributed by atoms with Crippen LogP contribution < -0.4 is 0 Å². The number of rotatable bonds is 3. The van der Waals surface area contributed by atoms with E-state index < -0.39 is 29.7 Å². The van der Waals surface area contributed by atoms with Crippen molar-refractivity contribution in [2.45, 2.75) is 5.92 Å². The molecule has 0 bridgehead atoms. The second kappa shape index (κ2) is 6.39. The van der Waals surface area contributed by atoms with Gasteiger partial charge in [-0.3, -0.25) is 19.4 Å². The first kappa shape index (κ1) is 17.0. The van der Waals surface area contributed by atoms with Gasteiger partial charge in [0.05, 0.1) is 0 Å². The van der Waals surface area contributed by atoms with Crippen molar-refractivity contribution in [3.63, 3.8) is 0 Å². The highest BCUT2D eigenvalue weighted by Crippen LogP contribution is 2.39. The Morgan fingerprint density at radius 3 is 2.11 bits per heavy atom. The highest BCUT2D eigenvalue weighted by atomic mass is 16.2. The van der Waals surface area contributed by atoms with E-state index in [-0.39, 0.29) is 0 Å². The van der Waals surface area contributed by atoms with Gasteiger partial charge in [-0.2, -0.15) is 0 Å². The van der Waals surface area contributed by atoms with E-state index in [1.54, 1.807) is 0 Å². The molecule has 4 amide bonds. The summed E-state index contributed by atoms with van der Waals surface area (Å²) in [5.41, 5.74) is 2.65. The molecule has 27 heavy (non-hydrogen) atoms. The molecule has 6 nitrogen and oxygen atoms in total. The summed E-state index contributed by atoms with van der Waals surface area (Å²) in [6, 6.07) is 16.6. The molecule has 0 radical (unpaired) electrons. The number of barbiturate groups is 1. The minimum absolute atomic E-state index is 0.484. The zero-order valence-corrected chi connectivity index (χ0v) is 15.0. The lowest BCUT2D eigenvalue weighted by Crippen LogP contribution is -2.58. The summed E-state index contributed by atoms with van der Waals surface area (Å²) < 4.78 is 0. The molecule has 0 spiro atoms. The monoisotopic (exact) mass is 361 g/mol. The quantitative estimate of drug-likeness (QED) is 0.729. The Hall–Kier alpha value is -3.41. The Labute approximate surface area is 156 Å². The lowest BCUT2D eigenvalue weighted by atomic mass is 9.78. The Kier molecular flexibility index (Phi) is 4.03. The van der Waals surface area contributed by atoms with Gasteiger partial charge in [-0.25, -0.2) is 4.79 Å². The normalized spacial score (nSPS) is 17.0. The van der Waals surface area contributed by atoms with Crippen LogP contribution in [0.3, 0.4) is 0 Å². The van der Waals surface area contributed by atoms with Crippen LogP contribution in [0.2, 0.25) is 0 Å². The van der Waals surface area contributed by atoms with Crippen molar-refractivity contribution in [2.24, 2.45) is 5.92 Å². The summed E-state index contributed by atoms with van der Waals surface area (Å²) in [6.07, 6.45) is 1.85. The topological polar surface area (TPSA) is 73.5 Å². The molecule has 4 rings (SSSR count). The number of nitrogens with zero attached hydrogens (tertiary/aromatic N) is 2. The molecule has 136 valence electrons. The van der Waals surface area contributed by atoms with Crippen LogP contribution in [0.5, 0.6) is 0 Å². The van der Waals surface area contributed by atoms with Crippen LogP contribution >= 0.6 is 0 Å². The van der Waals surface area contributed by atoms with E-state index in [4.69, 9.17) is 0 Å². The van der Waals surface area contributed by atoms with Crippen molar-refractivity contribution >= 4 is 28.7 Å². The highest BCUT2D eigenvalue weighted by molar-refractivity contribution is 6.16. The zero-order valence-electron chi connectivity index (χ0n) is 15.0. The molecule has 3 aromatic rings. The number of hydrogen-bond donors (Lipinski definition) is 1. The van der Waals surface area contributed by atoms with Crippen LogP contribution in [0.1, 0.15) is 17.0 Å². The number of imide groups is 2. The zero-order chi connectivity index (χ0) is 19.1. The van der Waals surface area contributed by atoms with E-state index in [0.29, 0.717) is 0 Å². The SMILES string of the molecule is CN1C(=O)C(C(c2ccccc2)c2c[nH]c3ccccc23)C(=O)N(C)C1=O. The van der Waals surface area contributed by atoms with Gasteiger partial charge in [0.15, 0.2) is 0 Å². The number of nitrogens with one attached hydrogen (secondary N) is 1. The van der Waals surface area contributed by atoms with E-state index >= 15 is 0 Å². The third kappa shape index (κ3) is 2.61. The number of amides is 4. The predicted molar refractivity (Wildman–Crippen MR) is 101 cm³/mol. The van der Waals surface area contributed by atoms with E-state index in [1.165, 1.54) is 14.1 Å². The van der Waals surface area contributed by atoms with Gasteiger partial charge in [0, 0.05) is 37.1 Å². The van der Waals surface area contributed by atoms with Crippen molar-refractivity contribution in [2.75, 3.05) is 14.1 Å². The van der Waals surface area contributed by atoms with Crippen LogP contribution in [0.15, 0.2) is 60.8 Å². The van der Waals surface area contributed by atoms with Crippen LogP contribution in [0.4, 0.5) is 4.79 Å². The van der Waals surface area contributed by atoms with Crippen molar-refractivity contribution in [3.05, 3.63) is 71.9 Å². The average molecular weight is 361 g/mol. The summed E-state index contributed by atoms with van der Waals surface area (Å²) in [6.45, 7) is 0. The first-order valence-corrected chi connectivity index (χ1v) is 8.70. The second-order valence-electron chi connectivity index (χ2n) is 6.73. The van der Waals surface area contributed by atoms with E-state index in [0.717, 1.165) is 31.8 Å². The smallest absolute Gasteiger partial charge is 0.332 e. The Morgan fingerprint density at radius 1 is 0.852 bits per heavy atom. The molecule has 0 saturated carbocycles. The lowest BCUT2D eigenvalue weighted by molar-refractivity contribution is -0.148. The minimum Gasteiger partial charge on any atom is -0.361 e. The van der Waals surface area contributed by atoms with Gasteiger partial charge in [-0.05, 0) is 17.2 Å². The van der Waals surface area contributed by atoms with E-state index in [2.05, 4.69) is 4.98 Å². The maximum absolute atomic E-state index is 13.0. The molecule has 1 aromatic heterocycles. The molecule has 1 aliphatic heterocycles. The second-order valence-corrected chi connectivity index (χ2v) is 6.73. The first-order chi connectivity index (χ1) is 13.0. The summed E-state index contributed by atoms with van der Waals surface area (Å²) in [7, 11) is 2.83. The molecular formula is C21H19N3O3. The molecule has 6 heteroatoms. The Morgan fingerprint density at radius 2 is 1.44 bits per heavy atom. The van der Waals surface area contributed by atoms with Crippen molar-refractivity contribution in [1.29, 1.82) is 0 Å². The average Bonchev–Trinajstić information content (AvgIpc) is 3.12. The van der Waals surface area contributed by atoms with E-state index in [9.17, 15) is 14.4 Å². The highest BCUT2D eigenvalue weighted by Gasteiger charge is 2.47. The van der Waals surface area contributed by atoms with E-state index in [1.807, 2.05) is 60.8 Å². The number of carbonyl (C=O) groups is 3. The fourth-order valence-corrected chi connectivity index (χ4v) is 3.78. The summed E-state index contributed by atoms with van der Waals surface area (Å²) in [5, 5.41) is 0.953. The molecule has 0 aliphatic carbocycles. The van der Waals surface area contributed by atoms with Crippen LogP contribution in [0.25, 0.3) is 10.9 Å². The molecule has 1 fully saturated rings. The fourth-order valence-electron chi connectivity index (χ4n) is 3.78. The maximum Gasteiger partial charge on any atom is 0.332 e. The number of benzene rings is 2. The number of aromatic nitrogens is 1. The van der Waals surface area contributed by atoms with Gasteiger partial charge in [0.2, 0.25) is 11.8 Å². The Bertz CT molecular complexity index is 1020. The van der Waals surface area contributed by atoms with Crippen LogP contribution in [-0.4, -0.2) is 46.7 Å². The molecule has 1 N–H and O–H groups in total. The number of aromatic amines is 1. The van der Waals surface area contributed by atoms with Crippen LogP contribution in [0, 0.1) is 5.92 Å². The van der Waals surface area contributed by atoms with Crippen molar-refractivity contribution < 1.29 is 14.4 Å². The number of fused-ring (bicyclic) bond motifs is 1. The lowest BCUT2D eigenvalue weighted by Gasteiger charge is -2.36. The summed E-state index contributed by atoms with van der Waals surface area (Å²) in [5.74, 6) is -2.47. The third-order valence-corrected chi connectivity index (χ3v) is 5.22. The molecule has 1 saturated heterocycles. The van der Waals surface area contributed by atoms with Gasteiger partial charge in [-0.15, -0.1) is 0 Å². The summed E-state index contributed by atoms with van der Waals surface area (Å²) in [4.78, 5) is 43.4. The molecular weight excluding hydrogens is 342 g/mol. The van der Waals surface area contributed by atoms with Gasteiger partial charge in [0.25, 0.3) is 0 Å². The first-order valence-electron chi connectivity index (χ1n) is 8.70. The molecule has 2 aromatic carbocycles. The van der Waals surface area contributed by atoms with Gasteiger partial charge in [-0.1, -0.05) is 48.5 Å². The molecule has 2 heterocycles. The van der Waals surface area contributed by atoms with Gasteiger partial charge < -0.3 is 4.98 Å².